The molecule has 0 bridgehead atoms. The van der Waals surface area contributed by atoms with Crippen molar-refractivity contribution in [2.24, 2.45) is 5.92 Å². The van der Waals surface area contributed by atoms with Gasteiger partial charge in [-0.1, -0.05) is 12.2 Å². The second-order valence-corrected chi connectivity index (χ2v) is 3.65. The summed E-state index contributed by atoms with van der Waals surface area (Å²) in [6.07, 6.45) is 5.22. The predicted molar refractivity (Wildman–Crippen MR) is 57.8 cm³/mol. The van der Waals surface area contributed by atoms with E-state index in [0.717, 1.165) is 19.0 Å². The first-order chi connectivity index (χ1) is 6.36. The lowest BCUT2D eigenvalue weighted by atomic mass is 9.99. The Morgan fingerprint density at radius 2 is 1.85 bits per heavy atom. The summed E-state index contributed by atoms with van der Waals surface area (Å²) in [4.78, 5) is 2.37. The van der Waals surface area contributed by atoms with Crippen LogP contribution in [0.5, 0.6) is 0 Å². The molecule has 0 radical (unpaired) electrons. The third-order valence-corrected chi connectivity index (χ3v) is 2.49. The molecule has 1 rings (SSSR count). The third-order valence-electron chi connectivity index (χ3n) is 2.49. The van der Waals surface area contributed by atoms with Gasteiger partial charge in [-0.2, -0.15) is 0 Å². The van der Waals surface area contributed by atoms with E-state index in [1.807, 2.05) is 12.2 Å². The van der Waals surface area contributed by atoms with E-state index in [9.17, 15) is 0 Å². The molecule has 1 fully saturated rings. The second kappa shape index (κ2) is 5.95. The molecule has 0 spiro atoms. The van der Waals surface area contributed by atoms with E-state index in [1.54, 1.807) is 0 Å². The molecule has 0 aromatic carbocycles. The number of rotatable bonds is 7. The molecule has 2 heteroatoms. The Balaban J connectivity index is 2.11. The molecule has 1 heterocycles. The average Bonchev–Trinajstić information content (AvgIpc) is 2.02. The average molecular weight is 180 g/mol. The molecule has 13 heavy (non-hydrogen) atoms. The lowest BCUT2D eigenvalue weighted by molar-refractivity contribution is 0.256. The van der Waals surface area contributed by atoms with Crippen molar-refractivity contribution in [2.45, 2.75) is 6.42 Å². The Morgan fingerprint density at radius 3 is 2.23 bits per heavy atom. The Morgan fingerprint density at radius 1 is 1.23 bits per heavy atom. The highest BCUT2D eigenvalue weighted by Crippen LogP contribution is 2.08. The highest BCUT2D eigenvalue weighted by molar-refractivity contribution is 4.82. The van der Waals surface area contributed by atoms with Crippen molar-refractivity contribution in [3.63, 3.8) is 0 Å². The predicted octanol–water partition coefficient (Wildman–Crippen LogP) is 1.27. The monoisotopic (exact) mass is 180 g/mol. The molecule has 1 saturated heterocycles. The summed E-state index contributed by atoms with van der Waals surface area (Å²) in [5.74, 6) is 0.900. The van der Waals surface area contributed by atoms with Gasteiger partial charge in [-0.05, 0) is 32.0 Å². The van der Waals surface area contributed by atoms with Gasteiger partial charge in [0.15, 0.2) is 0 Å². The van der Waals surface area contributed by atoms with E-state index in [1.165, 1.54) is 26.1 Å². The lowest BCUT2D eigenvalue weighted by Gasteiger charge is -2.29. The first-order valence-corrected chi connectivity index (χ1v) is 5.01. The summed E-state index contributed by atoms with van der Waals surface area (Å²) >= 11 is 0. The standard InChI is InChI=1S/C11H20N2/c1-3-6-13(7-4-2)8-5-11-9-12-10-11/h3-4,11-12H,1-2,5-10H2. The number of hydrogen-bond acceptors (Lipinski definition) is 2. The molecular weight excluding hydrogens is 160 g/mol. The molecule has 2 nitrogen and oxygen atoms in total. The first kappa shape index (κ1) is 10.5. The maximum absolute atomic E-state index is 3.76. The van der Waals surface area contributed by atoms with Crippen LogP contribution in [-0.4, -0.2) is 37.6 Å². The van der Waals surface area contributed by atoms with Gasteiger partial charge >= 0.3 is 0 Å². The van der Waals surface area contributed by atoms with Crippen LogP contribution < -0.4 is 5.32 Å². The zero-order valence-electron chi connectivity index (χ0n) is 8.34. The molecule has 0 amide bonds. The molecule has 0 aromatic rings. The topological polar surface area (TPSA) is 15.3 Å². The summed E-state index contributed by atoms with van der Waals surface area (Å²) in [6, 6.07) is 0. The van der Waals surface area contributed by atoms with Gasteiger partial charge in [0.05, 0.1) is 0 Å². The second-order valence-electron chi connectivity index (χ2n) is 3.65. The maximum atomic E-state index is 3.76. The minimum atomic E-state index is 0.900. The molecule has 74 valence electrons. The van der Waals surface area contributed by atoms with Crippen molar-refractivity contribution in [2.75, 3.05) is 32.7 Å². The Kier molecular flexibility index (Phi) is 4.79. The van der Waals surface area contributed by atoms with Gasteiger partial charge in [0.2, 0.25) is 0 Å². The van der Waals surface area contributed by atoms with Gasteiger partial charge in [0, 0.05) is 13.1 Å². The lowest BCUT2D eigenvalue weighted by Crippen LogP contribution is -2.43. The van der Waals surface area contributed by atoms with E-state index < -0.39 is 0 Å². The van der Waals surface area contributed by atoms with Crippen LogP contribution in [0.15, 0.2) is 25.3 Å². The number of nitrogens with zero attached hydrogens (tertiary/aromatic N) is 1. The van der Waals surface area contributed by atoms with E-state index in [2.05, 4.69) is 23.4 Å². The highest BCUT2D eigenvalue weighted by Gasteiger charge is 2.16. The van der Waals surface area contributed by atoms with E-state index in [0.29, 0.717) is 0 Å². The summed E-state index contributed by atoms with van der Waals surface area (Å²) in [5, 5.41) is 3.29. The largest absolute Gasteiger partial charge is 0.316 e. The fourth-order valence-corrected chi connectivity index (χ4v) is 1.54. The Labute approximate surface area is 81.3 Å². The van der Waals surface area contributed by atoms with Crippen LogP contribution in [-0.2, 0) is 0 Å². The van der Waals surface area contributed by atoms with Gasteiger partial charge in [-0.15, -0.1) is 13.2 Å². The highest BCUT2D eigenvalue weighted by atomic mass is 15.1. The van der Waals surface area contributed by atoms with Gasteiger partial charge < -0.3 is 5.32 Å². The zero-order valence-corrected chi connectivity index (χ0v) is 8.34. The van der Waals surface area contributed by atoms with Crippen LogP contribution in [0.4, 0.5) is 0 Å². The zero-order chi connectivity index (χ0) is 9.52. The Hall–Kier alpha value is -0.600. The summed E-state index contributed by atoms with van der Waals surface area (Å²) in [5.41, 5.74) is 0. The van der Waals surface area contributed by atoms with Gasteiger partial charge in [-0.25, -0.2) is 0 Å². The van der Waals surface area contributed by atoms with Crippen LogP contribution in [0.2, 0.25) is 0 Å². The van der Waals surface area contributed by atoms with Crippen molar-refractivity contribution < 1.29 is 0 Å². The van der Waals surface area contributed by atoms with Gasteiger partial charge in [0.1, 0.15) is 0 Å². The quantitative estimate of drug-likeness (QED) is 0.594. The molecule has 1 aliphatic heterocycles. The molecule has 0 unspecified atom stereocenters. The van der Waals surface area contributed by atoms with Crippen molar-refractivity contribution in [1.82, 2.24) is 10.2 Å². The van der Waals surface area contributed by atoms with Crippen LogP contribution in [0, 0.1) is 5.92 Å². The van der Waals surface area contributed by atoms with Crippen molar-refractivity contribution in [3.8, 4) is 0 Å². The van der Waals surface area contributed by atoms with Gasteiger partial charge in [-0.3, -0.25) is 4.90 Å². The van der Waals surface area contributed by atoms with Crippen LogP contribution in [0.25, 0.3) is 0 Å². The summed E-state index contributed by atoms with van der Waals surface area (Å²) < 4.78 is 0. The SMILES string of the molecule is C=CCN(CC=C)CCC1CNC1. The minimum Gasteiger partial charge on any atom is -0.316 e. The van der Waals surface area contributed by atoms with Crippen molar-refractivity contribution >= 4 is 0 Å². The van der Waals surface area contributed by atoms with E-state index in [4.69, 9.17) is 0 Å². The minimum absolute atomic E-state index is 0.900. The van der Waals surface area contributed by atoms with E-state index in [-0.39, 0.29) is 0 Å². The molecule has 0 saturated carbocycles. The molecule has 0 aromatic heterocycles. The number of hydrogen-bond donors (Lipinski definition) is 1. The first-order valence-electron chi connectivity index (χ1n) is 5.01. The van der Waals surface area contributed by atoms with Crippen LogP contribution >= 0.6 is 0 Å². The summed E-state index contributed by atoms with van der Waals surface area (Å²) in [7, 11) is 0. The normalized spacial score (nSPS) is 17.0. The van der Waals surface area contributed by atoms with Crippen LogP contribution in [0.1, 0.15) is 6.42 Å². The molecule has 1 N–H and O–H groups in total. The van der Waals surface area contributed by atoms with E-state index >= 15 is 0 Å². The molecular formula is C11H20N2. The molecule has 1 aliphatic rings. The van der Waals surface area contributed by atoms with Crippen molar-refractivity contribution in [1.29, 1.82) is 0 Å². The smallest absolute Gasteiger partial charge is 0.0163 e. The fourth-order valence-electron chi connectivity index (χ4n) is 1.54. The maximum Gasteiger partial charge on any atom is 0.0163 e. The van der Waals surface area contributed by atoms with Gasteiger partial charge in [0.25, 0.3) is 0 Å². The summed E-state index contributed by atoms with van der Waals surface area (Å²) in [6.45, 7) is 13.0. The Bertz CT molecular complexity index is 151. The molecule has 0 aliphatic carbocycles. The molecule has 0 atom stereocenters. The third kappa shape index (κ3) is 3.75. The number of nitrogens with one attached hydrogen (secondary N) is 1. The van der Waals surface area contributed by atoms with Crippen LogP contribution in [0.3, 0.4) is 0 Å². The van der Waals surface area contributed by atoms with Crippen molar-refractivity contribution in [3.05, 3.63) is 25.3 Å². The fraction of sp³-hybridized carbons (Fsp3) is 0.636.